The number of fused-ring (bicyclic) bond motifs is 1. The molecule has 1 heterocycles. The Bertz CT molecular complexity index is 1170. The van der Waals surface area contributed by atoms with Gasteiger partial charge >= 0.3 is 0 Å². The summed E-state index contributed by atoms with van der Waals surface area (Å²) in [7, 11) is 3.68. The number of allylic oxidation sites excluding steroid dienone is 1. The number of nitrogens with two attached hydrogens (primary N) is 1. The first kappa shape index (κ1) is 21.3. The van der Waals surface area contributed by atoms with Crippen molar-refractivity contribution in [1.29, 1.82) is 0 Å². The molecule has 30 heavy (non-hydrogen) atoms. The van der Waals surface area contributed by atoms with E-state index in [-0.39, 0.29) is 5.91 Å². The molecule has 0 saturated carbocycles. The number of nitrogens with zero attached hydrogens (tertiary/aromatic N) is 2. The Hall–Kier alpha value is -3.38. The number of anilines is 1. The summed E-state index contributed by atoms with van der Waals surface area (Å²) in [5, 5.41) is 4.35. The van der Waals surface area contributed by atoms with Crippen molar-refractivity contribution in [3.8, 4) is 11.1 Å². The Morgan fingerprint density at radius 2 is 1.77 bits per heavy atom. The number of aromatic amines is 1. The molecule has 0 aliphatic carbocycles. The van der Waals surface area contributed by atoms with E-state index in [4.69, 9.17) is 5.73 Å². The van der Waals surface area contributed by atoms with Crippen molar-refractivity contribution in [2.45, 2.75) is 27.7 Å². The van der Waals surface area contributed by atoms with Gasteiger partial charge < -0.3 is 10.7 Å². The SMILES string of the molecule is C/C=C/C(=O)N(c1cccc(C)c1-c1ccc(C(N)=O)c2[nH]c(C)c(C)c12)N(C)C. The molecule has 2 amide bonds. The Labute approximate surface area is 176 Å². The summed E-state index contributed by atoms with van der Waals surface area (Å²) in [6.45, 7) is 7.84. The number of carbonyl (C=O) groups is 2. The average molecular weight is 405 g/mol. The number of aromatic nitrogens is 1. The molecule has 0 spiro atoms. The van der Waals surface area contributed by atoms with Crippen molar-refractivity contribution in [3.05, 3.63) is 64.9 Å². The molecule has 6 heteroatoms. The summed E-state index contributed by atoms with van der Waals surface area (Å²) < 4.78 is 0. The largest absolute Gasteiger partial charge is 0.366 e. The van der Waals surface area contributed by atoms with Crippen molar-refractivity contribution in [2.24, 2.45) is 5.73 Å². The Morgan fingerprint density at radius 1 is 1.07 bits per heavy atom. The number of aryl methyl sites for hydroxylation is 3. The number of H-pyrrole nitrogens is 1. The monoisotopic (exact) mass is 404 g/mol. The number of hydrazine groups is 1. The minimum Gasteiger partial charge on any atom is -0.366 e. The zero-order valence-corrected chi connectivity index (χ0v) is 18.3. The smallest absolute Gasteiger partial charge is 0.265 e. The van der Waals surface area contributed by atoms with Gasteiger partial charge in [-0.2, -0.15) is 0 Å². The summed E-state index contributed by atoms with van der Waals surface area (Å²) in [6, 6.07) is 9.57. The molecular weight excluding hydrogens is 376 g/mol. The zero-order chi connectivity index (χ0) is 22.2. The van der Waals surface area contributed by atoms with Gasteiger partial charge in [0.2, 0.25) is 0 Å². The van der Waals surface area contributed by atoms with Gasteiger partial charge in [0.05, 0.1) is 16.8 Å². The molecule has 0 bridgehead atoms. The van der Waals surface area contributed by atoms with Gasteiger partial charge in [-0.25, -0.2) is 10.0 Å². The molecule has 3 N–H and O–H groups in total. The van der Waals surface area contributed by atoms with Gasteiger partial charge in [-0.3, -0.25) is 9.59 Å². The molecule has 0 atom stereocenters. The molecule has 3 aromatic rings. The lowest BCUT2D eigenvalue weighted by atomic mass is 9.92. The lowest BCUT2D eigenvalue weighted by Gasteiger charge is -2.30. The predicted molar refractivity (Wildman–Crippen MR) is 122 cm³/mol. The third-order valence-corrected chi connectivity index (χ3v) is 5.39. The second-order valence-electron chi connectivity index (χ2n) is 7.62. The average Bonchev–Trinajstić information content (AvgIpc) is 2.96. The fourth-order valence-electron chi connectivity index (χ4n) is 3.93. The van der Waals surface area contributed by atoms with Gasteiger partial charge in [-0.15, -0.1) is 0 Å². The number of primary amides is 1. The third-order valence-electron chi connectivity index (χ3n) is 5.39. The molecule has 6 nitrogen and oxygen atoms in total. The van der Waals surface area contributed by atoms with Crippen LogP contribution in [-0.2, 0) is 4.79 Å². The van der Waals surface area contributed by atoms with Crippen LogP contribution >= 0.6 is 0 Å². The molecule has 1 aromatic heterocycles. The van der Waals surface area contributed by atoms with E-state index in [1.165, 1.54) is 0 Å². The number of nitrogens with one attached hydrogen (secondary N) is 1. The molecule has 3 rings (SSSR count). The number of rotatable bonds is 5. The highest BCUT2D eigenvalue weighted by Crippen LogP contribution is 2.41. The molecule has 2 aromatic carbocycles. The maximum Gasteiger partial charge on any atom is 0.265 e. The van der Waals surface area contributed by atoms with Crippen LogP contribution in [-0.4, -0.2) is 35.9 Å². The molecule has 0 aliphatic rings. The molecular formula is C24H28N4O2. The van der Waals surface area contributed by atoms with E-state index in [9.17, 15) is 9.59 Å². The molecule has 0 saturated heterocycles. The van der Waals surface area contributed by atoms with Crippen molar-refractivity contribution in [2.75, 3.05) is 19.1 Å². The minimum absolute atomic E-state index is 0.138. The summed E-state index contributed by atoms with van der Waals surface area (Å²) in [5.74, 6) is -0.614. The van der Waals surface area contributed by atoms with E-state index in [0.29, 0.717) is 5.56 Å². The van der Waals surface area contributed by atoms with Crippen LogP contribution in [0.25, 0.3) is 22.0 Å². The number of hydrogen-bond donors (Lipinski definition) is 2. The zero-order valence-electron chi connectivity index (χ0n) is 18.3. The van der Waals surface area contributed by atoms with E-state index in [2.05, 4.69) is 4.98 Å². The summed E-state index contributed by atoms with van der Waals surface area (Å²) >= 11 is 0. The van der Waals surface area contributed by atoms with Gasteiger partial charge in [0.15, 0.2) is 0 Å². The molecule has 0 fully saturated rings. The maximum absolute atomic E-state index is 12.9. The van der Waals surface area contributed by atoms with Crippen LogP contribution in [0.15, 0.2) is 42.5 Å². The second-order valence-corrected chi connectivity index (χ2v) is 7.62. The molecule has 156 valence electrons. The van der Waals surface area contributed by atoms with E-state index in [0.717, 1.165) is 44.5 Å². The highest BCUT2D eigenvalue weighted by Gasteiger charge is 2.24. The fraction of sp³-hybridized carbons (Fsp3) is 0.250. The first-order valence-electron chi connectivity index (χ1n) is 9.84. The number of benzene rings is 2. The molecule has 0 radical (unpaired) electrons. The van der Waals surface area contributed by atoms with Gasteiger partial charge in [-0.1, -0.05) is 24.3 Å². The van der Waals surface area contributed by atoms with Gasteiger partial charge in [0.1, 0.15) is 0 Å². The summed E-state index contributed by atoms with van der Waals surface area (Å²) in [6.07, 6.45) is 3.28. The van der Waals surface area contributed by atoms with Crippen molar-refractivity contribution >= 4 is 28.4 Å². The first-order chi connectivity index (χ1) is 14.2. The van der Waals surface area contributed by atoms with Crippen LogP contribution in [0.4, 0.5) is 5.69 Å². The number of hydrogen-bond acceptors (Lipinski definition) is 3. The second kappa shape index (κ2) is 8.16. The van der Waals surface area contributed by atoms with Crippen LogP contribution in [0.3, 0.4) is 0 Å². The van der Waals surface area contributed by atoms with Crippen molar-refractivity contribution in [3.63, 3.8) is 0 Å². The quantitative estimate of drug-likeness (QED) is 0.493. The Kier molecular flexibility index (Phi) is 5.80. The van der Waals surface area contributed by atoms with E-state index in [1.54, 1.807) is 28.2 Å². The van der Waals surface area contributed by atoms with E-state index in [1.807, 2.05) is 66.1 Å². The van der Waals surface area contributed by atoms with Gasteiger partial charge in [-0.05, 0) is 56.5 Å². The van der Waals surface area contributed by atoms with Crippen LogP contribution in [0, 0.1) is 20.8 Å². The minimum atomic E-state index is -0.476. The highest BCUT2D eigenvalue weighted by molar-refractivity contribution is 6.13. The van der Waals surface area contributed by atoms with Crippen LogP contribution < -0.4 is 10.7 Å². The van der Waals surface area contributed by atoms with Crippen LogP contribution in [0.1, 0.15) is 34.1 Å². The highest BCUT2D eigenvalue weighted by atomic mass is 16.2. The van der Waals surface area contributed by atoms with Crippen molar-refractivity contribution < 1.29 is 9.59 Å². The summed E-state index contributed by atoms with van der Waals surface area (Å²) in [5.41, 5.74) is 12.5. The molecule has 0 unspecified atom stereocenters. The number of amides is 2. The van der Waals surface area contributed by atoms with Crippen molar-refractivity contribution in [1.82, 2.24) is 9.99 Å². The fourth-order valence-corrected chi connectivity index (χ4v) is 3.93. The predicted octanol–water partition coefficient (Wildman–Crippen LogP) is 4.24. The van der Waals surface area contributed by atoms with Crippen LogP contribution in [0.2, 0.25) is 0 Å². The maximum atomic E-state index is 12.9. The van der Waals surface area contributed by atoms with Gasteiger partial charge in [0.25, 0.3) is 11.8 Å². The van der Waals surface area contributed by atoms with E-state index >= 15 is 0 Å². The topological polar surface area (TPSA) is 82.4 Å². The van der Waals surface area contributed by atoms with Gasteiger partial charge in [0, 0.05) is 36.8 Å². The normalized spacial score (nSPS) is 11.6. The van der Waals surface area contributed by atoms with Crippen LogP contribution in [0.5, 0.6) is 0 Å². The first-order valence-corrected chi connectivity index (χ1v) is 9.84. The Morgan fingerprint density at radius 3 is 2.37 bits per heavy atom. The standard InChI is InChI=1S/C24H28N4O2/c1-7-9-20(29)28(27(5)6)19-11-8-10-14(2)21(19)17-12-13-18(24(25)30)23-22(17)15(3)16(4)26-23/h7-13,26H,1-6H3,(H2,25,30)/b9-7+. The third kappa shape index (κ3) is 3.50. The molecule has 0 aliphatic heterocycles. The Balaban J connectivity index is 2.41. The lowest BCUT2D eigenvalue weighted by molar-refractivity contribution is -0.116. The summed E-state index contributed by atoms with van der Waals surface area (Å²) in [4.78, 5) is 28.2. The number of carbonyl (C=O) groups excluding carboxylic acids is 2. The lowest BCUT2D eigenvalue weighted by Crippen LogP contribution is -2.41. The van der Waals surface area contributed by atoms with E-state index < -0.39 is 5.91 Å².